The van der Waals surface area contributed by atoms with Gasteiger partial charge in [-0.25, -0.2) is 9.59 Å². The molecule has 1 unspecified atom stereocenters. The summed E-state index contributed by atoms with van der Waals surface area (Å²) in [5.74, 6) is -1.29. The maximum atomic E-state index is 13.0. The molecule has 0 fully saturated rings. The van der Waals surface area contributed by atoms with Gasteiger partial charge in [-0.3, -0.25) is 4.79 Å². The number of carboxylic acid groups (broad SMARTS) is 1. The molecule has 2 amide bonds. The van der Waals surface area contributed by atoms with Gasteiger partial charge in [0.15, 0.2) is 5.82 Å². The van der Waals surface area contributed by atoms with Gasteiger partial charge in [0, 0.05) is 5.92 Å². The van der Waals surface area contributed by atoms with E-state index in [0.717, 1.165) is 22.3 Å². The number of rotatable bonds is 5. The highest BCUT2D eigenvalue weighted by Crippen LogP contribution is 2.44. The van der Waals surface area contributed by atoms with E-state index in [1.807, 2.05) is 48.5 Å². The fourth-order valence-corrected chi connectivity index (χ4v) is 4.67. The van der Waals surface area contributed by atoms with E-state index in [1.165, 1.54) is 18.2 Å². The fraction of sp³-hybridized carbons (Fsp3) is 0.292. The van der Waals surface area contributed by atoms with Gasteiger partial charge >= 0.3 is 12.1 Å². The summed E-state index contributed by atoms with van der Waals surface area (Å²) in [7, 11) is 0. The Labute approximate surface area is 195 Å². The minimum absolute atomic E-state index is 0.00743. The molecule has 174 valence electrons. The Morgan fingerprint density at radius 3 is 2.41 bits per heavy atom. The van der Waals surface area contributed by atoms with Crippen LogP contribution in [0.5, 0.6) is 0 Å². The molecule has 0 radical (unpaired) electrons. The van der Waals surface area contributed by atoms with Crippen molar-refractivity contribution in [1.82, 2.24) is 25.0 Å². The first-order valence-corrected chi connectivity index (χ1v) is 11.0. The molecule has 2 aromatic carbocycles. The standard InChI is InChI=1S/C24H23N5O5/c1-14(22(30)29-11-21-27-25-13-28(21)10-20(29)23(31)32)26-24(33)34-12-19-17-8-4-2-6-15(17)16-7-3-5-9-18(16)19/h2-9,13-14,19-20H,10-12H2,1H3,(H,26,33)(H,31,32)/t14-,20?/m0/s1. The highest BCUT2D eigenvalue weighted by molar-refractivity contribution is 5.89. The molecule has 1 aromatic heterocycles. The maximum absolute atomic E-state index is 13.0. The Kier molecular flexibility index (Phi) is 5.48. The van der Waals surface area contributed by atoms with E-state index < -0.39 is 30.1 Å². The average molecular weight is 461 g/mol. The quantitative estimate of drug-likeness (QED) is 0.595. The lowest BCUT2D eigenvalue weighted by molar-refractivity contribution is -0.153. The number of amides is 2. The molecule has 1 aliphatic carbocycles. The van der Waals surface area contributed by atoms with Gasteiger partial charge in [0.2, 0.25) is 5.91 Å². The van der Waals surface area contributed by atoms with Crippen molar-refractivity contribution in [3.05, 3.63) is 71.8 Å². The van der Waals surface area contributed by atoms with Crippen LogP contribution in [0.3, 0.4) is 0 Å². The molecular weight excluding hydrogens is 438 g/mol. The maximum Gasteiger partial charge on any atom is 0.407 e. The van der Waals surface area contributed by atoms with E-state index in [2.05, 4.69) is 15.5 Å². The molecule has 0 spiro atoms. The third-order valence-electron chi connectivity index (χ3n) is 6.37. The first kappa shape index (κ1) is 21.6. The third-order valence-corrected chi connectivity index (χ3v) is 6.37. The number of fused-ring (bicyclic) bond motifs is 4. The van der Waals surface area contributed by atoms with Crippen LogP contribution in [0.4, 0.5) is 4.79 Å². The minimum atomic E-state index is -1.14. The van der Waals surface area contributed by atoms with Crippen molar-refractivity contribution in [2.24, 2.45) is 0 Å². The summed E-state index contributed by atoms with van der Waals surface area (Å²) < 4.78 is 7.11. The van der Waals surface area contributed by atoms with E-state index in [4.69, 9.17) is 4.74 Å². The summed E-state index contributed by atoms with van der Waals surface area (Å²) in [5.41, 5.74) is 4.41. The number of hydrogen-bond donors (Lipinski definition) is 2. The summed E-state index contributed by atoms with van der Waals surface area (Å²) in [6.07, 6.45) is 0.695. The first-order valence-electron chi connectivity index (χ1n) is 11.0. The smallest absolute Gasteiger partial charge is 0.407 e. The SMILES string of the molecule is C[C@H](NC(=O)OCC1c2ccccc2-c2ccccc21)C(=O)N1Cc2nncn2CC1C(=O)O. The van der Waals surface area contributed by atoms with Gasteiger partial charge in [-0.05, 0) is 29.2 Å². The van der Waals surface area contributed by atoms with Gasteiger partial charge in [-0.15, -0.1) is 10.2 Å². The van der Waals surface area contributed by atoms with Crippen LogP contribution in [0.1, 0.15) is 29.8 Å². The predicted molar refractivity (Wildman–Crippen MR) is 120 cm³/mol. The second kappa shape index (κ2) is 8.62. The second-order valence-electron chi connectivity index (χ2n) is 8.41. The zero-order valence-electron chi connectivity index (χ0n) is 18.4. The molecule has 2 heterocycles. The molecule has 10 heteroatoms. The van der Waals surface area contributed by atoms with E-state index in [1.54, 1.807) is 4.57 Å². The van der Waals surface area contributed by atoms with Gasteiger partial charge in [-0.1, -0.05) is 48.5 Å². The molecule has 2 atom stereocenters. The average Bonchev–Trinajstić information content (AvgIpc) is 3.43. The van der Waals surface area contributed by atoms with Gasteiger partial charge in [0.05, 0.1) is 13.1 Å². The van der Waals surface area contributed by atoms with E-state index in [0.29, 0.717) is 5.82 Å². The molecule has 5 rings (SSSR count). The van der Waals surface area contributed by atoms with E-state index >= 15 is 0 Å². The van der Waals surface area contributed by atoms with E-state index in [-0.39, 0.29) is 25.6 Å². The lowest BCUT2D eigenvalue weighted by Crippen LogP contribution is -2.56. The number of carbonyl (C=O) groups excluding carboxylic acids is 2. The molecule has 10 nitrogen and oxygen atoms in total. The van der Waals surface area contributed by atoms with Crippen LogP contribution < -0.4 is 5.32 Å². The van der Waals surface area contributed by atoms with Gasteiger partial charge in [0.1, 0.15) is 25.0 Å². The number of hydrogen-bond acceptors (Lipinski definition) is 6. The Morgan fingerprint density at radius 1 is 1.12 bits per heavy atom. The van der Waals surface area contributed by atoms with Crippen molar-refractivity contribution in [3.63, 3.8) is 0 Å². The van der Waals surface area contributed by atoms with Crippen LogP contribution in [0, 0.1) is 0 Å². The molecule has 0 bridgehead atoms. The lowest BCUT2D eigenvalue weighted by Gasteiger charge is -2.34. The Morgan fingerprint density at radius 2 is 1.76 bits per heavy atom. The number of nitrogens with zero attached hydrogens (tertiary/aromatic N) is 4. The zero-order valence-corrected chi connectivity index (χ0v) is 18.4. The zero-order chi connectivity index (χ0) is 23.8. The number of benzene rings is 2. The predicted octanol–water partition coefficient (Wildman–Crippen LogP) is 2.00. The molecule has 34 heavy (non-hydrogen) atoms. The van der Waals surface area contributed by atoms with Crippen molar-refractivity contribution in [3.8, 4) is 11.1 Å². The highest BCUT2D eigenvalue weighted by atomic mass is 16.5. The fourth-order valence-electron chi connectivity index (χ4n) is 4.67. The van der Waals surface area contributed by atoms with Crippen molar-refractivity contribution >= 4 is 18.0 Å². The van der Waals surface area contributed by atoms with Crippen LogP contribution in [0.15, 0.2) is 54.9 Å². The summed E-state index contributed by atoms with van der Waals surface area (Å²) in [4.78, 5) is 38.5. The molecule has 1 aliphatic heterocycles. The normalized spacial score (nSPS) is 17.3. The summed E-state index contributed by atoms with van der Waals surface area (Å²) >= 11 is 0. The van der Waals surface area contributed by atoms with Crippen molar-refractivity contribution in [2.45, 2.75) is 38.0 Å². The minimum Gasteiger partial charge on any atom is -0.480 e. The molecule has 2 aliphatic rings. The van der Waals surface area contributed by atoms with Crippen LogP contribution in [-0.4, -0.2) is 61.4 Å². The molecule has 0 saturated carbocycles. The van der Waals surface area contributed by atoms with Crippen LogP contribution in [0.25, 0.3) is 11.1 Å². The monoisotopic (exact) mass is 461 g/mol. The number of aliphatic carboxylic acids is 1. The molecule has 3 aromatic rings. The third kappa shape index (κ3) is 3.76. The number of ether oxygens (including phenoxy) is 1. The highest BCUT2D eigenvalue weighted by Gasteiger charge is 2.38. The van der Waals surface area contributed by atoms with Crippen molar-refractivity contribution < 1.29 is 24.2 Å². The van der Waals surface area contributed by atoms with Crippen LogP contribution in [0.2, 0.25) is 0 Å². The topological polar surface area (TPSA) is 127 Å². The number of aromatic nitrogens is 3. The van der Waals surface area contributed by atoms with Crippen molar-refractivity contribution in [1.29, 1.82) is 0 Å². The van der Waals surface area contributed by atoms with Crippen LogP contribution >= 0.6 is 0 Å². The summed E-state index contributed by atoms with van der Waals surface area (Å²) in [6.45, 7) is 1.65. The lowest BCUT2D eigenvalue weighted by atomic mass is 9.98. The number of alkyl carbamates (subject to hydrolysis) is 1. The Bertz CT molecular complexity index is 1230. The van der Waals surface area contributed by atoms with Crippen molar-refractivity contribution in [2.75, 3.05) is 6.61 Å². The van der Waals surface area contributed by atoms with Gasteiger partial charge in [-0.2, -0.15) is 0 Å². The number of carboxylic acids is 1. The molecular formula is C24H23N5O5. The Balaban J connectivity index is 1.24. The largest absolute Gasteiger partial charge is 0.480 e. The van der Waals surface area contributed by atoms with E-state index in [9.17, 15) is 19.5 Å². The molecule has 0 saturated heterocycles. The summed E-state index contributed by atoms with van der Waals surface area (Å²) in [5, 5.41) is 19.8. The molecule has 2 N–H and O–H groups in total. The Hall–Kier alpha value is -4.21. The van der Waals surface area contributed by atoms with Gasteiger partial charge < -0.3 is 24.6 Å². The summed E-state index contributed by atoms with van der Waals surface area (Å²) in [6, 6.07) is 13.9. The second-order valence-corrected chi connectivity index (χ2v) is 8.41. The number of carbonyl (C=O) groups is 3. The first-order chi connectivity index (χ1) is 16.4. The van der Waals surface area contributed by atoms with Gasteiger partial charge in [0.25, 0.3) is 0 Å². The number of nitrogens with one attached hydrogen (secondary N) is 1. The van der Waals surface area contributed by atoms with Crippen LogP contribution in [-0.2, 0) is 27.4 Å².